The molecule has 1 N–H and O–H groups in total. The van der Waals surface area contributed by atoms with E-state index in [1.807, 2.05) is 6.07 Å². The van der Waals surface area contributed by atoms with Crippen LogP contribution in [0.5, 0.6) is 5.75 Å². The lowest BCUT2D eigenvalue weighted by molar-refractivity contribution is 0.00714. The molecule has 0 aliphatic rings. The maximum Gasteiger partial charge on any atom is 0.165 e. The number of ether oxygens (including phenoxy) is 2. The first-order chi connectivity index (χ1) is 9.91. The predicted octanol–water partition coefficient (Wildman–Crippen LogP) is 3.56. The van der Waals surface area contributed by atoms with E-state index >= 15 is 0 Å². The molecule has 4 heteroatoms. The first-order valence-electron chi connectivity index (χ1n) is 7.52. The number of benzene rings is 1. The van der Waals surface area contributed by atoms with Gasteiger partial charge in [-0.25, -0.2) is 4.39 Å². The molecule has 3 nitrogen and oxygen atoms in total. The molecule has 0 saturated heterocycles. The zero-order valence-corrected chi connectivity index (χ0v) is 13.8. The second-order valence-corrected chi connectivity index (χ2v) is 5.99. The van der Waals surface area contributed by atoms with E-state index in [9.17, 15) is 4.39 Å². The number of hydrogen-bond donors (Lipinski definition) is 1. The first-order valence-corrected chi connectivity index (χ1v) is 7.52. The molecule has 0 aliphatic carbocycles. The fourth-order valence-corrected chi connectivity index (χ4v) is 2.36. The summed E-state index contributed by atoms with van der Waals surface area (Å²) in [6.07, 6.45) is 2.71. The minimum absolute atomic E-state index is 0.198. The number of methoxy groups -OCH3 is 2. The molecule has 1 atom stereocenters. The summed E-state index contributed by atoms with van der Waals surface area (Å²) in [5, 5.41) is 3.52. The van der Waals surface area contributed by atoms with Crippen LogP contribution in [0.1, 0.15) is 39.2 Å². The molecule has 1 unspecified atom stereocenters. The third-order valence-corrected chi connectivity index (χ3v) is 3.67. The first kappa shape index (κ1) is 17.9. The predicted molar refractivity (Wildman–Crippen MR) is 84.4 cm³/mol. The van der Waals surface area contributed by atoms with Crippen molar-refractivity contribution in [2.45, 2.75) is 51.7 Å². The summed E-state index contributed by atoms with van der Waals surface area (Å²) < 4.78 is 24.3. The van der Waals surface area contributed by atoms with Crippen LogP contribution in [0.3, 0.4) is 0 Å². The maximum absolute atomic E-state index is 13.8. The highest BCUT2D eigenvalue weighted by atomic mass is 19.1. The van der Waals surface area contributed by atoms with Gasteiger partial charge in [0.25, 0.3) is 0 Å². The van der Waals surface area contributed by atoms with Crippen molar-refractivity contribution in [2.75, 3.05) is 20.8 Å². The lowest BCUT2D eigenvalue weighted by Crippen LogP contribution is -2.39. The van der Waals surface area contributed by atoms with Gasteiger partial charge in [0.2, 0.25) is 0 Å². The van der Waals surface area contributed by atoms with Crippen LogP contribution in [0.15, 0.2) is 18.2 Å². The van der Waals surface area contributed by atoms with Crippen LogP contribution in [0, 0.1) is 5.82 Å². The van der Waals surface area contributed by atoms with Crippen molar-refractivity contribution in [3.8, 4) is 5.75 Å². The van der Waals surface area contributed by atoms with Gasteiger partial charge in [-0.15, -0.1) is 0 Å². The SMILES string of the molecule is CCCNC(Cc1ccc(OC)c(F)c1)CC(C)(C)OC. The van der Waals surface area contributed by atoms with E-state index in [2.05, 4.69) is 26.1 Å². The van der Waals surface area contributed by atoms with Crippen molar-refractivity contribution < 1.29 is 13.9 Å². The lowest BCUT2D eigenvalue weighted by Gasteiger charge is -2.29. The highest BCUT2D eigenvalue weighted by Gasteiger charge is 2.23. The molecule has 0 saturated carbocycles. The van der Waals surface area contributed by atoms with Crippen LogP contribution >= 0.6 is 0 Å². The minimum Gasteiger partial charge on any atom is -0.494 e. The van der Waals surface area contributed by atoms with E-state index in [4.69, 9.17) is 9.47 Å². The molecule has 0 spiro atoms. The van der Waals surface area contributed by atoms with Crippen LogP contribution in [0.4, 0.5) is 4.39 Å². The molecule has 1 rings (SSSR count). The molecule has 0 bridgehead atoms. The Bertz CT molecular complexity index is 435. The average Bonchev–Trinajstić information content (AvgIpc) is 2.44. The van der Waals surface area contributed by atoms with Crippen LogP contribution in [0.25, 0.3) is 0 Å². The van der Waals surface area contributed by atoms with Crippen molar-refractivity contribution in [2.24, 2.45) is 0 Å². The number of nitrogens with one attached hydrogen (secondary N) is 1. The van der Waals surface area contributed by atoms with Gasteiger partial charge in [-0.2, -0.15) is 0 Å². The summed E-state index contributed by atoms with van der Waals surface area (Å²) in [7, 11) is 3.20. The van der Waals surface area contributed by atoms with Gasteiger partial charge in [-0.1, -0.05) is 13.0 Å². The summed E-state index contributed by atoms with van der Waals surface area (Å²) >= 11 is 0. The Balaban J connectivity index is 2.77. The van der Waals surface area contributed by atoms with Crippen LogP contribution in [-0.4, -0.2) is 32.4 Å². The summed E-state index contributed by atoms with van der Waals surface area (Å²) in [6, 6.07) is 5.41. The van der Waals surface area contributed by atoms with E-state index < -0.39 is 0 Å². The van der Waals surface area contributed by atoms with Gasteiger partial charge in [0, 0.05) is 13.2 Å². The molecule has 0 aliphatic heterocycles. The van der Waals surface area contributed by atoms with Crippen molar-refractivity contribution in [1.82, 2.24) is 5.32 Å². The Morgan fingerprint density at radius 3 is 2.52 bits per heavy atom. The molecular weight excluding hydrogens is 269 g/mol. The standard InChI is InChI=1S/C17H28FNO2/c1-6-9-19-14(12-17(2,3)21-5)10-13-7-8-16(20-4)15(18)11-13/h7-8,11,14,19H,6,9-10,12H2,1-5H3. The largest absolute Gasteiger partial charge is 0.494 e. The molecule has 120 valence electrons. The van der Waals surface area contributed by atoms with Crippen LogP contribution < -0.4 is 10.1 Å². The minimum atomic E-state index is -0.310. The molecule has 0 fully saturated rings. The van der Waals surface area contributed by atoms with Crippen molar-refractivity contribution >= 4 is 0 Å². The fourth-order valence-electron chi connectivity index (χ4n) is 2.36. The summed E-state index contributed by atoms with van der Waals surface area (Å²) in [5.41, 5.74) is 0.768. The van der Waals surface area contributed by atoms with E-state index in [1.165, 1.54) is 7.11 Å². The molecule has 1 aromatic rings. The zero-order chi connectivity index (χ0) is 15.9. The smallest absolute Gasteiger partial charge is 0.165 e. The van der Waals surface area contributed by atoms with Gasteiger partial charge in [0.1, 0.15) is 0 Å². The number of hydrogen-bond acceptors (Lipinski definition) is 3. The third-order valence-electron chi connectivity index (χ3n) is 3.67. The van der Waals surface area contributed by atoms with E-state index in [1.54, 1.807) is 19.2 Å². The monoisotopic (exact) mass is 297 g/mol. The van der Waals surface area contributed by atoms with Gasteiger partial charge in [-0.3, -0.25) is 0 Å². The Morgan fingerprint density at radius 2 is 2.00 bits per heavy atom. The number of rotatable bonds is 9. The lowest BCUT2D eigenvalue weighted by atomic mass is 9.93. The van der Waals surface area contributed by atoms with Crippen molar-refractivity contribution in [3.05, 3.63) is 29.6 Å². The van der Waals surface area contributed by atoms with E-state index in [0.717, 1.165) is 31.4 Å². The molecular formula is C17H28FNO2. The van der Waals surface area contributed by atoms with Crippen molar-refractivity contribution in [3.63, 3.8) is 0 Å². The summed E-state index contributed by atoms with van der Waals surface area (Å²) in [6.45, 7) is 7.23. The summed E-state index contributed by atoms with van der Waals surface area (Å²) in [5.74, 6) is -0.0238. The topological polar surface area (TPSA) is 30.5 Å². The van der Waals surface area contributed by atoms with Crippen molar-refractivity contribution in [1.29, 1.82) is 0 Å². The summed E-state index contributed by atoms with van der Waals surface area (Å²) in [4.78, 5) is 0. The van der Waals surface area contributed by atoms with Gasteiger partial charge >= 0.3 is 0 Å². The molecule has 1 aromatic carbocycles. The van der Waals surface area contributed by atoms with Crippen LogP contribution in [-0.2, 0) is 11.2 Å². The third kappa shape index (κ3) is 6.02. The Labute approximate surface area is 127 Å². The zero-order valence-electron chi connectivity index (χ0n) is 13.8. The van der Waals surface area contributed by atoms with Gasteiger partial charge in [-0.05, 0) is 57.4 Å². The van der Waals surface area contributed by atoms with Gasteiger partial charge in [0.15, 0.2) is 11.6 Å². The highest BCUT2D eigenvalue weighted by molar-refractivity contribution is 5.29. The molecule has 21 heavy (non-hydrogen) atoms. The second kappa shape index (κ2) is 8.35. The average molecular weight is 297 g/mol. The highest BCUT2D eigenvalue weighted by Crippen LogP contribution is 2.22. The van der Waals surface area contributed by atoms with E-state index in [-0.39, 0.29) is 23.2 Å². The van der Waals surface area contributed by atoms with Gasteiger partial charge < -0.3 is 14.8 Å². The number of halogens is 1. The van der Waals surface area contributed by atoms with Crippen LogP contribution in [0.2, 0.25) is 0 Å². The normalized spacial score (nSPS) is 13.2. The Morgan fingerprint density at radius 1 is 1.29 bits per heavy atom. The molecule has 0 aromatic heterocycles. The Hall–Kier alpha value is -1.13. The Kier molecular flexibility index (Phi) is 7.12. The quantitative estimate of drug-likeness (QED) is 0.756. The van der Waals surface area contributed by atoms with E-state index in [0.29, 0.717) is 0 Å². The molecule has 0 heterocycles. The molecule has 0 amide bonds. The van der Waals surface area contributed by atoms with Gasteiger partial charge in [0.05, 0.1) is 12.7 Å². The maximum atomic E-state index is 13.8. The second-order valence-electron chi connectivity index (χ2n) is 5.99. The molecule has 0 radical (unpaired) electrons. The fraction of sp³-hybridized carbons (Fsp3) is 0.647.